The first kappa shape index (κ1) is 12.2. The topological polar surface area (TPSA) is 70.9 Å². The van der Waals surface area contributed by atoms with Crippen molar-refractivity contribution in [2.24, 2.45) is 17.0 Å². The monoisotopic (exact) mass is 260 g/mol. The fourth-order valence-corrected chi connectivity index (χ4v) is 2.60. The maximum Gasteiger partial charge on any atom is 0.321 e. The highest BCUT2D eigenvalue weighted by atomic mass is 16.6. The molecule has 1 heterocycles. The Balaban J connectivity index is 1.54. The number of rotatable bonds is 4. The van der Waals surface area contributed by atoms with E-state index in [1.54, 1.807) is 0 Å². The summed E-state index contributed by atoms with van der Waals surface area (Å²) in [6.07, 6.45) is 0.900. The van der Waals surface area contributed by atoms with Crippen molar-refractivity contribution in [3.63, 3.8) is 0 Å². The zero-order valence-corrected chi connectivity index (χ0v) is 10.5. The highest BCUT2D eigenvalue weighted by Gasteiger charge is 2.52. The van der Waals surface area contributed by atoms with E-state index in [4.69, 9.17) is 9.94 Å². The number of nitrogens with one attached hydrogen (secondary N) is 1. The molecule has 0 bridgehead atoms. The molecule has 2 N–H and O–H groups in total. The Kier molecular flexibility index (Phi) is 3.21. The summed E-state index contributed by atoms with van der Waals surface area (Å²) in [5.41, 5.74) is 2.02. The van der Waals surface area contributed by atoms with E-state index in [0.29, 0.717) is 13.2 Å². The molecule has 1 aliphatic heterocycles. The van der Waals surface area contributed by atoms with Crippen molar-refractivity contribution in [1.29, 1.82) is 0 Å². The molecule has 3 atom stereocenters. The van der Waals surface area contributed by atoms with Gasteiger partial charge in [0.15, 0.2) is 0 Å². The molecule has 1 aromatic carbocycles. The number of hydrogen-bond donors (Lipinski definition) is 2. The molecular formula is C14H16N2O3. The molecule has 1 aromatic rings. The molecule has 5 nitrogen and oxygen atoms in total. The summed E-state index contributed by atoms with van der Waals surface area (Å²) in [5, 5.41) is 16.2. The molecule has 2 aliphatic rings. The third kappa shape index (κ3) is 2.61. The molecule has 19 heavy (non-hydrogen) atoms. The van der Waals surface area contributed by atoms with Crippen LogP contribution in [0.1, 0.15) is 12.0 Å². The SMILES string of the molecule is O=C(O)[C@H]1NCC(=NOCc2ccccc2)[C@@H]2C[C@H]12. The van der Waals surface area contributed by atoms with Crippen molar-refractivity contribution in [2.45, 2.75) is 19.1 Å². The van der Waals surface area contributed by atoms with Crippen molar-refractivity contribution in [2.75, 3.05) is 6.54 Å². The summed E-state index contributed by atoms with van der Waals surface area (Å²) in [5.74, 6) is -0.291. The zero-order valence-electron chi connectivity index (χ0n) is 10.5. The van der Waals surface area contributed by atoms with Gasteiger partial charge in [0.2, 0.25) is 0 Å². The van der Waals surface area contributed by atoms with Gasteiger partial charge in [-0.3, -0.25) is 10.1 Å². The molecular weight excluding hydrogens is 244 g/mol. The van der Waals surface area contributed by atoms with Gasteiger partial charge < -0.3 is 9.94 Å². The van der Waals surface area contributed by atoms with Crippen molar-refractivity contribution >= 4 is 11.7 Å². The second-order valence-electron chi connectivity index (χ2n) is 5.04. The fourth-order valence-electron chi connectivity index (χ4n) is 2.60. The molecule has 0 aromatic heterocycles. The number of aliphatic carboxylic acids is 1. The van der Waals surface area contributed by atoms with Crippen LogP contribution in [-0.2, 0) is 16.2 Å². The lowest BCUT2D eigenvalue weighted by molar-refractivity contribution is -0.140. The molecule has 1 aliphatic carbocycles. The summed E-state index contributed by atoms with van der Waals surface area (Å²) in [6, 6.07) is 9.43. The van der Waals surface area contributed by atoms with Gasteiger partial charge in [-0.2, -0.15) is 0 Å². The summed E-state index contributed by atoms with van der Waals surface area (Å²) in [4.78, 5) is 16.3. The molecule has 0 radical (unpaired) electrons. The predicted molar refractivity (Wildman–Crippen MR) is 69.7 cm³/mol. The van der Waals surface area contributed by atoms with E-state index in [2.05, 4.69) is 10.5 Å². The Morgan fingerprint density at radius 1 is 1.42 bits per heavy atom. The van der Waals surface area contributed by atoms with Gasteiger partial charge in [-0.15, -0.1) is 0 Å². The Labute approximate surface area is 111 Å². The highest BCUT2D eigenvalue weighted by Crippen LogP contribution is 2.44. The van der Waals surface area contributed by atoms with E-state index < -0.39 is 12.0 Å². The Morgan fingerprint density at radius 3 is 2.95 bits per heavy atom. The lowest BCUT2D eigenvalue weighted by Crippen LogP contribution is -2.46. The highest BCUT2D eigenvalue weighted by molar-refractivity contribution is 5.94. The quantitative estimate of drug-likeness (QED) is 0.799. The van der Waals surface area contributed by atoms with Crippen LogP contribution in [0.2, 0.25) is 0 Å². The van der Waals surface area contributed by atoms with Crippen LogP contribution in [0.25, 0.3) is 0 Å². The number of carboxylic acids is 1. The average molecular weight is 260 g/mol. The molecule has 1 saturated carbocycles. The Morgan fingerprint density at radius 2 is 2.21 bits per heavy atom. The van der Waals surface area contributed by atoms with Gasteiger partial charge in [0.1, 0.15) is 12.6 Å². The lowest BCUT2D eigenvalue weighted by Gasteiger charge is -2.20. The first-order chi connectivity index (χ1) is 9.25. The van der Waals surface area contributed by atoms with Gasteiger partial charge in [0, 0.05) is 12.5 Å². The average Bonchev–Trinajstić information content (AvgIpc) is 3.20. The Hall–Kier alpha value is -1.88. The minimum Gasteiger partial charge on any atom is -0.480 e. The van der Waals surface area contributed by atoms with Crippen LogP contribution in [0.4, 0.5) is 0 Å². The minimum atomic E-state index is -0.767. The van der Waals surface area contributed by atoms with E-state index in [9.17, 15) is 4.79 Å². The summed E-state index contributed by atoms with van der Waals surface area (Å²) in [7, 11) is 0. The van der Waals surface area contributed by atoms with Gasteiger partial charge in [0.25, 0.3) is 0 Å². The second-order valence-corrected chi connectivity index (χ2v) is 5.04. The fraction of sp³-hybridized carbons (Fsp3) is 0.429. The maximum absolute atomic E-state index is 11.0. The molecule has 0 amide bonds. The van der Waals surface area contributed by atoms with E-state index in [-0.39, 0.29) is 11.8 Å². The van der Waals surface area contributed by atoms with E-state index in [1.807, 2.05) is 30.3 Å². The molecule has 0 unspecified atom stereocenters. The largest absolute Gasteiger partial charge is 0.480 e. The smallest absolute Gasteiger partial charge is 0.321 e. The number of oxime groups is 1. The summed E-state index contributed by atoms with van der Waals surface area (Å²) >= 11 is 0. The lowest BCUT2D eigenvalue weighted by atomic mass is 10.0. The maximum atomic E-state index is 11.0. The molecule has 0 spiro atoms. The third-order valence-electron chi connectivity index (χ3n) is 3.72. The van der Waals surface area contributed by atoms with Gasteiger partial charge in [-0.05, 0) is 17.9 Å². The standard InChI is InChI=1S/C14H16N2O3/c17-14(18)13-11-6-10(11)12(7-15-13)16-19-8-9-4-2-1-3-5-9/h1-5,10-11,13,15H,6-8H2,(H,17,18)/t10-,11+,13+/m1/s1. The van der Waals surface area contributed by atoms with E-state index in [0.717, 1.165) is 17.7 Å². The molecule has 100 valence electrons. The van der Waals surface area contributed by atoms with Crippen molar-refractivity contribution < 1.29 is 14.7 Å². The van der Waals surface area contributed by atoms with Gasteiger partial charge in [0.05, 0.1) is 5.71 Å². The summed E-state index contributed by atoms with van der Waals surface area (Å²) < 4.78 is 0. The number of carbonyl (C=O) groups is 1. The van der Waals surface area contributed by atoms with Gasteiger partial charge >= 0.3 is 5.97 Å². The number of piperidine rings is 1. The Bertz CT molecular complexity index is 501. The first-order valence-electron chi connectivity index (χ1n) is 6.44. The van der Waals surface area contributed by atoms with E-state index >= 15 is 0 Å². The van der Waals surface area contributed by atoms with Gasteiger partial charge in [-0.1, -0.05) is 35.5 Å². The van der Waals surface area contributed by atoms with Crippen molar-refractivity contribution in [1.82, 2.24) is 5.32 Å². The third-order valence-corrected chi connectivity index (χ3v) is 3.72. The van der Waals surface area contributed by atoms with Crippen LogP contribution < -0.4 is 5.32 Å². The predicted octanol–water partition coefficient (Wildman–Crippen LogP) is 1.25. The van der Waals surface area contributed by atoms with Crippen LogP contribution >= 0.6 is 0 Å². The normalized spacial score (nSPS) is 30.7. The van der Waals surface area contributed by atoms with Gasteiger partial charge in [-0.25, -0.2) is 0 Å². The zero-order chi connectivity index (χ0) is 13.2. The molecule has 1 saturated heterocycles. The minimum absolute atomic E-state index is 0.185. The summed E-state index contributed by atoms with van der Waals surface area (Å²) in [6.45, 7) is 0.955. The number of hydrogen-bond acceptors (Lipinski definition) is 4. The van der Waals surface area contributed by atoms with Crippen LogP contribution in [0.5, 0.6) is 0 Å². The molecule has 5 heteroatoms. The van der Waals surface area contributed by atoms with Crippen molar-refractivity contribution in [3.8, 4) is 0 Å². The van der Waals surface area contributed by atoms with Crippen LogP contribution in [0.3, 0.4) is 0 Å². The van der Waals surface area contributed by atoms with Crippen LogP contribution in [0, 0.1) is 11.8 Å². The van der Waals surface area contributed by atoms with E-state index in [1.165, 1.54) is 0 Å². The molecule has 3 rings (SSSR count). The second kappa shape index (κ2) is 5.01. The van der Waals surface area contributed by atoms with Crippen LogP contribution in [-0.4, -0.2) is 29.4 Å². The molecule has 2 fully saturated rings. The van der Waals surface area contributed by atoms with Crippen molar-refractivity contribution in [3.05, 3.63) is 35.9 Å². The first-order valence-corrected chi connectivity index (χ1v) is 6.44. The number of nitrogens with zero attached hydrogens (tertiary/aromatic N) is 1. The van der Waals surface area contributed by atoms with Crippen LogP contribution in [0.15, 0.2) is 35.5 Å². The number of fused-ring (bicyclic) bond motifs is 1. The number of benzene rings is 1. The number of carboxylic acid groups (broad SMARTS) is 1.